The van der Waals surface area contributed by atoms with E-state index in [9.17, 15) is 20.0 Å². The van der Waals surface area contributed by atoms with Gasteiger partial charge in [0, 0.05) is 23.0 Å². The Morgan fingerprint density at radius 2 is 1.96 bits per heavy atom. The smallest absolute Gasteiger partial charge is 0.267 e. The lowest BCUT2D eigenvalue weighted by atomic mass is 9.83. The molecule has 4 N–H and O–H groups in total. The van der Waals surface area contributed by atoms with Crippen molar-refractivity contribution in [2.45, 2.75) is 50.6 Å². The second-order valence-corrected chi connectivity index (χ2v) is 7.88. The Kier molecular flexibility index (Phi) is 4.95. The van der Waals surface area contributed by atoms with Crippen LogP contribution >= 0.6 is 0 Å². The highest BCUT2D eigenvalue weighted by Gasteiger charge is 2.37. The van der Waals surface area contributed by atoms with E-state index in [-0.39, 0.29) is 35.4 Å². The van der Waals surface area contributed by atoms with E-state index in [2.05, 4.69) is 21.7 Å². The number of aromatic amines is 1. The van der Waals surface area contributed by atoms with Crippen LogP contribution in [0.1, 0.15) is 49.0 Å². The van der Waals surface area contributed by atoms with Gasteiger partial charge in [0.1, 0.15) is 17.5 Å². The highest BCUT2D eigenvalue weighted by Crippen LogP contribution is 2.33. The number of aromatic nitrogens is 1. The number of rotatable bonds is 5. The van der Waals surface area contributed by atoms with Crippen molar-refractivity contribution in [1.29, 1.82) is 5.26 Å². The summed E-state index contributed by atoms with van der Waals surface area (Å²) < 4.78 is 0. The molecule has 2 aliphatic carbocycles. The summed E-state index contributed by atoms with van der Waals surface area (Å²) in [7, 11) is 0. The summed E-state index contributed by atoms with van der Waals surface area (Å²) in [5, 5.41) is 25.6. The molecule has 2 saturated carbocycles. The number of hydrogen-bond donors (Lipinski definition) is 4. The summed E-state index contributed by atoms with van der Waals surface area (Å²) in [6.45, 7) is 0. The number of nitrogens with one attached hydrogen (secondary N) is 3. The molecule has 0 spiro atoms. The number of fused-ring (bicyclic) bond motifs is 1. The number of amides is 2. The third-order valence-corrected chi connectivity index (χ3v) is 5.80. The average molecular weight is 380 g/mol. The summed E-state index contributed by atoms with van der Waals surface area (Å²) >= 11 is 0. The lowest BCUT2D eigenvalue weighted by Gasteiger charge is -2.31. The van der Waals surface area contributed by atoms with E-state index in [0.29, 0.717) is 17.6 Å². The molecule has 4 rings (SSSR count). The van der Waals surface area contributed by atoms with Crippen molar-refractivity contribution in [3.05, 3.63) is 30.0 Å². The Balaban J connectivity index is 1.45. The second kappa shape index (κ2) is 7.55. The minimum absolute atomic E-state index is 0.132. The fourth-order valence-corrected chi connectivity index (χ4v) is 4.05. The van der Waals surface area contributed by atoms with Gasteiger partial charge in [-0.3, -0.25) is 9.59 Å². The van der Waals surface area contributed by atoms with E-state index < -0.39 is 6.04 Å². The summed E-state index contributed by atoms with van der Waals surface area (Å²) in [5.41, 5.74) is 1.09. The first-order valence-corrected chi connectivity index (χ1v) is 9.88. The van der Waals surface area contributed by atoms with Crippen LogP contribution in [0.3, 0.4) is 0 Å². The first kappa shape index (κ1) is 18.4. The number of hydrogen-bond acceptors (Lipinski definition) is 4. The van der Waals surface area contributed by atoms with Crippen molar-refractivity contribution in [2.75, 3.05) is 0 Å². The van der Waals surface area contributed by atoms with E-state index in [4.69, 9.17) is 0 Å². The number of nitriles is 1. The third kappa shape index (κ3) is 3.81. The topological polar surface area (TPSA) is 118 Å². The predicted molar refractivity (Wildman–Crippen MR) is 103 cm³/mol. The van der Waals surface area contributed by atoms with Crippen molar-refractivity contribution >= 4 is 22.7 Å². The molecule has 1 aromatic carbocycles. The Labute approximate surface area is 163 Å². The van der Waals surface area contributed by atoms with Crippen LogP contribution in [0.25, 0.3) is 10.9 Å². The van der Waals surface area contributed by atoms with Crippen molar-refractivity contribution in [2.24, 2.45) is 11.8 Å². The van der Waals surface area contributed by atoms with Crippen LogP contribution in [0.4, 0.5) is 0 Å². The number of phenolic OH excluding ortho intramolecular Hbond substituents is 1. The molecule has 1 heterocycles. The Hall–Kier alpha value is -3.01. The van der Waals surface area contributed by atoms with Gasteiger partial charge >= 0.3 is 0 Å². The van der Waals surface area contributed by atoms with E-state index >= 15 is 0 Å². The molecule has 7 heteroatoms. The monoisotopic (exact) mass is 380 g/mol. The molecular formula is C21H24N4O3. The quantitative estimate of drug-likeness (QED) is 0.637. The van der Waals surface area contributed by atoms with Crippen LogP contribution in [-0.2, 0) is 4.79 Å². The molecule has 7 nitrogen and oxygen atoms in total. The van der Waals surface area contributed by atoms with Gasteiger partial charge in [-0.15, -0.1) is 0 Å². The molecule has 0 saturated heterocycles. The molecule has 0 aliphatic heterocycles. The second-order valence-electron chi connectivity index (χ2n) is 7.88. The molecule has 0 bridgehead atoms. The number of nitrogens with zero attached hydrogens (tertiary/aromatic N) is 1. The van der Waals surface area contributed by atoms with Gasteiger partial charge in [0.2, 0.25) is 5.91 Å². The van der Waals surface area contributed by atoms with Crippen molar-refractivity contribution in [3.63, 3.8) is 0 Å². The normalized spacial score (nSPS) is 23.0. The van der Waals surface area contributed by atoms with Crippen LogP contribution in [0.2, 0.25) is 0 Å². The molecule has 2 amide bonds. The molecule has 146 valence electrons. The minimum atomic E-state index is -0.424. The van der Waals surface area contributed by atoms with Gasteiger partial charge in [-0.2, -0.15) is 5.26 Å². The van der Waals surface area contributed by atoms with E-state index in [1.165, 1.54) is 0 Å². The van der Waals surface area contributed by atoms with Crippen molar-refractivity contribution < 1.29 is 14.7 Å². The third-order valence-electron chi connectivity index (χ3n) is 5.80. The molecule has 2 fully saturated rings. The lowest BCUT2D eigenvalue weighted by molar-refractivity contribution is -0.127. The summed E-state index contributed by atoms with van der Waals surface area (Å²) in [6.07, 6.45) is 5.32. The van der Waals surface area contributed by atoms with Gasteiger partial charge in [0.05, 0.1) is 12.0 Å². The van der Waals surface area contributed by atoms with Gasteiger partial charge < -0.3 is 20.7 Å². The minimum Gasteiger partial charge on any atom is -0.508 e. The maximum atomic E-state index is 12.8. The van der Waals surface area contributed by atoms with E-state index in [0.717, 1.165) is 37.5 Å². The molecule has 3 unspecified atom stereocenters. The largest absolute Gasteiger partial charge is 0.508 e. The zero-order chi connectivity index (χ0) is 19.7. The van der Waals surface area contributed by atoms with Crippen molar-refractivity contribution in [1.82, 2.24) is 15.6 Å². The zero-order valence-corrected chi connectivity index (χ0v) is 15.6. The van der Waals surface area contributed by atoms with Crippen LogP contribution in [0, 0.1) is 23.2 Å². The standard InChI is InChI=1S/C21H24N4O3/c22-11-19(12-5-6-12)25-20(27)15-3-1-2-4-16(15)24-21(28)18-9-13-7-8-14(26)10-17(13)23-18/h7-10,12,15-16,19,23,26H,1-6H2,(H,24,28)(H,25,27). The number of aromatic hydroxyl groups is 1. The Bertz CT molecular complexity index is 941. The number of phenols is 1. The lowest BCUT2D eigenvalue weighted by Crippen LogP contribution is -2.50. The Morgan fingerprint density at radius 3 is 2.71 bits per heavy atom. The molecule has 2 aliphatic rings. The van der Waals surface area contributed by atoms with Gasteiger partial charge in [-0.25, -0.2) is 0 Å². The Morgan fingerprint density at radius 1 is 1.18 bits per heavy atom. The first-order valence-electron chi connectivity index (χ1n) is 9.88. The fraction of sp³-hybridized carbons (Fsp3) is 0.476. The van der Waals surface area contributed by atoms with Gasteiger partial charge in [-0.05, 0) is 49.8 Å². The number of carbonyl (C=O) groups is 2. The zero-order valence-electron chi connectivity index (χ0n) is 15.6. The van der Waals surface area contributed by atoms with Crippen LogP contribution in [0.15, 0.2) is 24.3 Å². The maximum absolute atomic E-state index is 12.8. The molecule has 1 aromatic heterocycles. The number of benzene rings is 1. The van der Waals surface area contributed by atoms with Gasteiger partial charge in [0.15, 0.2) is 0 Å². The summed E-state index contributed by atoms with van der Waals surface area (Å²) in [5.74, 6) is -0.313. The molecular weight excluding hydrogens is 356 g/mol. The number of H-pyrrole nitrogens is 1. The van der Waals surface area contributed by atoms with E-state index in [1.807, 2.05) is 0 Å². The highest BCUT2D eigenvalue weighted by atomic mass is 16.3. The summed E-state index contributed by atoms with van der Waals surface area (Å²) in [6, 6.07) is 8.14. The molecule has 28 heavy (non-hydrogen) atoms. The average Bonchev–Trinajstić information content (AvgIpc) is 3.45. The van der Waals surface area contributed by atoms with Crippen LogP contribution in [-0.4, -0.2) is 34.0 Å². The molecule has 3 atom stereocenters. The fourth-order valence-electron chi connectivity index (χ4n) is 4.05. The van der Waals surface area contributed by atoms with Crippen LogP contribution in [0.5, 0.6) is 5.75 Å². The SMILES string of the molecule is N#CC(NC(=O)C1CCCCC1NC(=O)c1cc2ccc(O)cc2[nH]1)C1CC1. The van der Waals surface area contributed by atoms with Crippen LogP contribution < -0.4 is 10.6 Å². The molecule has 2 aromatic rings. The van der Waals surface area contributed by atoms with E-state index in [1.54, 1.807) is 24.3 Å². The maximum Gasteiger partial charge on any atom is 0.267 e. The predicted octanol–water partition coefficient (Wildman–Crippen LogP) is 2.58. The first-order chi connectivity index (χ1) is 13.5. The highest BCUT2D eigenvalue weighted by molar-refractivity contribution is 5.98. The van der Waals surface area contributed by atoms with Gasteiger partial charge in [0.25, 0.3) is 5.91 Å². The van der Waals surface area contributed by atoms with Crippen molar-refractivity contribution in [3.8, 4) is 11.8 Å². The summed E-state index contributed by atoms with van der Waals surface area (Å²) in [4.78, 5) is 28.5. The number of carbonyl (C=O) groups excluding carboxylic acids is 2. The molecule has 0 radical (unpaired) electrons. The van der Waals surface area contributed by atoms with Gasteiger partial charge in [-0.1, -0.05) is 12.8 Å².